The number of hydrogen-bond donors (Lipinski definition) is 1. The summed E-state index contributed by atoms with van der Waals surface area (Å²) in [5, 5.41) is 0.610. The highest BCUT2D eigenvalue weighted by Gasteiger charge is 2.25. The fourth-order valence-electron chi connectivity index (χ4n) is 1.85. The second-order valence-electron chi connectivity index (χ2n) is 4.83. The van der Waals surface area contributed by atoms with Crippen LogP contribution in [0, 0.1) is 5.92 Å². The molecular weight excluding hydrogens is 351 g/mol. The quantitative estimate of drug-likeness (QED) is 0.867. The molecule has 0 spiro atoms. The fraction of sp³-hybridized carbons (Fsp3) is 0.308. The van der Waals surface area contributed by atoms with Crippen LogP contribution in [-0.2, 0) is 10.0 Å². The Morgan fingerprint density at radius 2 is 1.81 bits per heavy atom. The molecular formula is C13H14Cl2N2O2S2. The molecule has 8 heteroatoms. The topological polar surface area (TPSA) is 59.1 Å². The first-order valence-electron chi connectivity index (χ1n) is 6.19. The van der Waals surface area contributed by atoms with Crippen LogP contribution in [0.5, 0.6) is 0 Å². The van der Waals surface area contributed by atoms with E-state index < -0.39 is 10.0 Å². The van der Waals surface area contributed by atoms with Crippen LogP contribution in [-0.4, -0.2) is 13.4 Å². The Bertz CT molecular complexity index is 712. The van der Waals surface area contributed by atoms with Gasteiger partial charge in [0.15, 0.2) is 8.68 Å². The average Bonchev–Trinajstić information content (AvgIpc) is 2.84. The summed E-state index contributed by atoms with van der Waals surface area (Å²) < 4.78 is 27.8. The Kier molecular flexibility index (Phi) is 5.27. The molecule has 0 bridgehead atoms. The minimum absolute atomic E-state index is 0.0735. The molecule has 2 aromatic rings. The maximum Gasteiger partial charge on any atom is 0.252 e. The van der Waals surface area contributed by atoms with Crippen molar-refractivity contribution in [3.8, 4) is 0 Å². The predicted molar refractivity (Wildman–Crippen MR) is 86.5 cm³/mol. The van der Waals surface area contributed by atoms with Crippen molar-refractivity contribution in [2.24, 2.45) is 5.92 Å². The van der Waals surface area contributed by atoms with Crippen molar-refractivity contribution in [1.29, 1.82) is 0 Å². The third-order valence-electron chi connectivity index (χ3n) is 2.90. The summed E-state index contributed by atoms with van der Waals surface area (Å²) in [7, 11) is -3.65. The predicted octanol–water partition coefficient (Wildman–Crippen LogP) is 4.13. The highest BCUT2D eigenvalue weighted by Crippen LogP contribution is 2.28. The standard InChI is InChI=1S/C13H14Cl2N2O2S2/c1-8(2)12(9-3-5-10(14)6-4-9)17-21(18,19)11-7-16-13(15)20-11/h3-8,12,17H,1-2H3. The Hall–Kier alpha value is -0.660. The highest BCUT2D eigenvalue weighted by molar-refractivity contribution is 7.91. The molecule has 21 heavy (non-hydrogen) atoms. The average molecular weight is 365 g/mol. The van der Waals surface area contributed by atoms with E-state index in [1.807, 2.05) is 26.0 Å². The van der Waals surface area contributed by atoms with Gasteiger partial charge in [-0.1, -0.05) is 60.5 Å². The SMILES string of the molecule is CC(C)C(NS(=O)(=O)c1cnc(Cl)s1)c1ccc(Cl)cc1. The summed E-state index contributed by atoms with van der Waals surface area (Å²) in [5.41, 5.74) is 0.855. The van der Waals surface area contributed by atoms with Crippen LogP contribution in [0.3, 0.4) is 0 Å². The fourth-order valence-corrected chi connectivity index (χ4v) is 4.66. The van der Waals surface area contributed by atoms with Gasteiger partial charge in [0.25, 0.3) is 10.0 Å². The molecule has 1 heterocycles. The molecule has 0 aliphatic heterocycles. The molecule has 0 aliphatic carbocycles. The first kappa shape index (κ1) is 16.7. The van der Waals surface area contributed by atoms with Gasteiger partial charge in [0.2, 0.25) is 0 Å². The van der Waals surface area contributed by atoms with E-state index >= 15 is 0 Å². The third kappa shape index (κ3) is 4.17. The lowest BCUT2D eigenvalue weighted by Gasteiger charge is -2.22. The van der Waals surface area contributed by atoms with Crippen molar-refractivity contribution < 1.29 is 8.42 Å². The number of halogens is 2. The van der Waals surface area contributed by atoms with Gasteiger partial charge in [0.1, 0.15) is 0 Å². The Labute approximate surface area is 138 Å². The molecule has 0 aliphatic rings. The summed E-state index contributed by atoms with van der Waals surface area (Å²) >= 11 is 12.5. The molecule has 0 radical (unpaired) electrons. The number of nitrogens with zero attached hydrogens (tertiary/aromatic N) is 1. The van der Waals surface area contributed by atoms with Gasteiger partial charge in [-0.25, -0.2) is 18.1 Å². The minimum atomic E-state index is -3.65. The van der Waals surface area contributed by atoms with Crippen LogP contribution in [0.1, 0.15) is 25.5 Å². The van der Waals surface area contributed by atoms with Crippen molar-refractivity contribution in [2.75, 3.05) is 0 Å². The van der Waals surface area contributed by atoms with Crippen LogP contribution in [0.4, 0.5) is 0 Å². The molecule has 2 rings (SSSR count). The number of aromatic nitrogens is 1. The molecule has 4 nitrogen and oxygen atoms in total. The van der Waals surface area contributed by atoms with E-state index in [0.717, 1.165) is 16.9 Å². The van der Waals surface area contributed by atoms with Gasteiger partial charge >= 0.3 is 0 Å². The maximum atomic E-state index is 12.4. The van der Waals surface area contributed by atoms with E-state index in [4.69, 9.17) is 23.2 Å². The summed E-state index contributed by atoms with van der Waals surface area (Å²) in [6.07, 6.45) is 1.26. The molecule has 1 atom stereocenters. The first-order chi connectivity index (χ1) is 9.79. The van der Waals surface area contributed by atoms with Gasteiger partial charge in [-0.3, -0.25) is 0 Å². The normalized spacial score (nSPS) is 13.6. The number of nitrogens with one attached hydrogen (secondary N) is 1. The van der Waals surface area contributed by atoms with E-state index in [-0.39, 0.29) is 20.6 Å². The van der Waals surface area contributed by atoms with Gasteiger partial charge < -0.3 is 0 Å². The molecule has 1 N–H and O–H groups in total. The van der Waals surface area contributed by atoms with Crippen molar-refractivity contribution in [3.63, 3.8) is 0 Å². The second kappa shape index (κ2) is 6.62. The number of hydrogen-bond acceptors (Lipinski definition) is 4. The second-order valence-corrected chi connectivity index (χ2v) is 8.82. The Balaban J connectivity index is 2.30. The summed E-state index contributed by atoms with van der Waals surface area (Å²) in [5.74, 6) is 0.0735. The zero-order valence-corrected chi connectivity index (χ0v) is 14.5. The van der Waals surface area contributed by atoms with Gasteiger partial charge in [-0.05, 0) is 23.6 Å². The van der Waals surface area contributed by atoms with Crippen LogP contribution in [0.25, 0.3) is 0 Å². The highest BCUT2D eigenvalue weighted by atomic mass is 35.5. The van der Waals surface area contributed by atoms with Gasteiger partial charge in [0, 0.05) is 11.1 Å². The number of rotatable bonds is 5. The first-order valence-corrected chi connectivity index (χ1v) is 9.24. The van der Waals surface area contributed by atoms with Crippen LogP contribution >= 0.6 is 34.5 Å². The summed E-state index contributed by atoms with van der Waals surface area (Å²) in [6.45, 7) is 3.89. The summed E-state index contributed by atoms with van der Waals surface area (Å²) in [6, 6.07) is 6.76. The van der Waals surface area contributed by atoms with Crippen molar-refractivity contribution >= 4 is 44.6 Å². The van der Waals surface area contributed by atoms with E-state index in [9.17, 15) is 8.42 Å². The zero-order valence-electron chi connectivity index (χ0n) is 11.4. The largest absolute Gasteiger partial charge is 0.252 e. The van der Waals surface area contributed by atoms with Crippen LogP contribution in [0.15, 0.2) is 34.7 Å². The lowest BCUT2D eigenvalue weighted by atomic mass is 9.97. The van der Waals surface area contributed by atoms with Crippen molar-refractivity contribution in [2.45, 2.75) is 24.1 Å². The monoisotopic (exact) mass is 364 g/mol. The number of benzene rings is 1. The maximum absolute atomic E-state index is 12.4. The molecule has 0 fully saturated rings. The van der Waals surface area contributed by atoms with Gasteiger partial charge in [0.05, 0.1) is 6.20 Å². The smallest absolute Gasteiger partial charge is 0.232 e. The van der Waals surface area contributed by atoms with Crippen LogP contribution < -0.4 is 4.72 Å². The lowest BCUT2D eigenvalue weighted by Crippen LogP contribution is -2.31. The zero-order chi connectivity index (χ0) is 15.6. The van der Waals surface area contributed by atoms with Crippen molar-refractivity contribution in [1.82, 2.24) is 9.71 Å². The molecule has 114 valence electrons. The van der Waals surface area contributed by atoms with Gasteiger partial charge in [-0.15, -0.1) is 0 Å². The molecule has 1 aromatic heterocycles. The number of thiazole rings is 1. The lowest BCUT2D eigenvalue weighted by molar-refractivity contribution is 0.463. The summed E-state index contributed by atoms with van der Waals surface area (Å²) in [4.78, 5) is 3.77. The van der Waals surface area contributed by atoms with Crippen molar-refractivity contribution in [3.05, 3.63) is 45.5 Å². The molecule has 0 amide bonds. The Morgan fingerprint density at radius 3 is 2.29 bits per heavy atom. The van der Waals surface area contributed by atoms with Gasteiger partial charge in [-0.2, -0.15) is 0 Å². The molecule has 1 aromatic carbocycles. The minimum Gasteiger partial charge on any atom is -0.232 e. The van der Waals surface area contributed by atoms with E-state index in [1.165, 1.54) is 6.20 Å². The number of sulfonamides is 1. The van der Waals surface area contributed by atoms with E-state index in [1.54, 1.807) is 12.1 Å². The van der Waals surface area contributed by atoms with E-state index in [2.05, 4.69) is 9.71 Å². The molecule has 0 saturated heterocycles. The Morgan fingerprint density at radius 1 is 1.19 bits per heavy atom. The molecule has 1 unspecified atom stereocenters. The third-order valence-corrected chi connectivity index (χ3v) is 6.17. The molecule has 0 saturated carbocycles. The van der Waals surface area contributed by atoms with E-state index in [0.29, 0.717) is 5.02 Å². The van der Waals surface area contributed by atoms with Crippen LogP contribution in [0.2, 0.25) is 9.49 Å².